The van der Waals surface area contributed by atoms with E-state index in [2.05, 4.69) is 32.2 Å². The van der Waals surface area contributed by atoms with Crippen molar-refractivity contribution < 1.29 is 13.2 Å². The Kier molecular flexibility index (Phi) is 4.48. The summed E-state index contributed by atoms with van der Waals surface area (Å²) in [7, 11) is 0. The van der Waals surface area contributed by atoms with Gasteiger partial charge in [-0.05, 0) is 38.8 Å². The molecule has 1 fully saturated rings. The average Bonchev–Trinajstić information content (AvgIpc) is 3.26. The van der Waals surface area contributed by atoms with Gasteiger partial charge in [0.15, 0.2) is 0 Å². The van der Waals surface area contributed by atoms with E-state index in [4.69, 9.17) is 0 Å². The zero-order valence-corrected chi connectivity index (χ0v) is 16.1. The summed E-state index contributed by atoms with van der Waals surface area (Å²) in [6.07, 6.45) is 1.41. The standard InChI is InChI=1S/C20H21F3N6/c1-12(2)10-29-11-15(13-5-4-8-24-17(13)29)26-18-25-9-14(20(21,22)23)16(27-18)28-19(3)6-7-19/h4-5,8-9,11H,1,6-7,10H2,2-3H3,(H2,25,26,27,28). The maximum absolute atomic E-state index is 13.4. The molecule has 0 atom stereocenters. The number of fused-ring (bicyclic) bond motifs is 1. The molecular formula is C20H21F3N6. The van der Waals surface area contributed by atoms with E-state index >= 15 is 0 Å². The first-order valence-electron chi connectivity index (χ1n) is 9.22. The molecule has 1 aliphatic carbocycles. The molecule has 4 rings (SSSR count). The number of pyridine rings is 1. The summed E-state index contributed by atoms with van der Waals surface area (Å²) < 4.78 is 42.1. The highest BCUT2D eigenvalue weighted by Gasteiger charge is 2.42. The first-order chi connectivity index (χ1) is 13.6. The Morgan fingerprint density at radius 3 is 2.72 bits per heavy atom. The van der Waals surface area contributed by atoms with Crippen LogP contribution in [0.5, 0.6) is 0 Å². The molecule has 6 nitrogen and oxygen atoms in total. The molecular weight excluding hydrogens is 381 g/mol. The highest BCUT2D eigenvalue weighted by molar-refractivity contribution is 5.92. The van der Waals surface area contributed by atoms with Crippen molar-refractivity contribution >= 4 is 28.5 Å². The summed E-state index contributed by atoms with van der Waals surface area (Å²) in [5.41, 5.74) is 1.13. The topological polar surface area (TPSA) is 67.7 Å². The molecule has 0 unspecified atom stereocenters. The van der Waals surface area contributed by atoms with E-state index in [1.54, 1.807) is 12.3 Å². The monoisotopic (exact) mass is 402 g/mol. The van der Waals surface area contributed by atoms with E-state index in [0.717, 1.165) is 35.6 Å². The molecule has 9 heteroatoms. The summed E-state index contributed by atoms with van der Waals surface area (Å²) in [5, 5.41) is 6.79. The van der Waals surface area contributed by atoms with Crippen LogP contribution in [0.3, 0.4) is 0 Å². The largest absolute Gasteiger partial charge is 0.421 e. The Balaban J connectivity index is 1.71. The zero-order valence-electron chi connectivity index (χ0n) is 16.1. The SMILES string of the molecule is C=C(C)Cn1cc(Nc2ncc(C(F)(F)F)c(NC3(C)CC3)n2)c2cccnc21. The third kappa shape index (κ3) is 4.03. The van der Waals surface area contributed by atoms with Crippen LogP contribution in [0.1, 0.15) is 32.3 Å². The van der Waals surface area contributed by atoms with Crippen molar-refractivity contribution in [2.24, 2.45) is 0 Å². The van der Waals surface area contributed by atoms with Gasteiger partial charge in [-0.25, -0.2) is 9.97 Å². The van der Waals surface area contributed by atoms with Crippen LogP contribution in [-0.2, 0) is 12.7 Å². The second-order valence-electron chi connectivity index (χ2n) is 7.77. The lowest BCUT2D eigenvalue weighted by atomic mass is 10.2. The number of allylic oxidation sites excluding steroid dienone is 1. The normalized spacial score (nSPS) is 15.3. The molecule has 1 saturated carbocycles. The van der Waals surface area contributed by atoms with Crippen LogP contribution in [0.15, 0.2) is 42.9 Å². The zero-order chi connectivity index (χ0) is 20.8. The quantitative estimate of drug-likeness (QED) is 0.560. The Bertz CT molecular complexity index is 1080. The van der Waals surface area contributed by atoms with E-state index in [1.165, 1.54) is 0 Å². The van der Waals surface area contributed by atoms with Crippen molar-refractivity contribution in [1.82, 2.24) is 19.5 Å². The van der Waals surface area contributed by atoms with Crippen molar-refractivity contribution in [2.45, 2.75) is 44.9 Å². The molecule has 29 heavy (non-hydrogen) atoms. The van der Waals surface area contributed by atoms with Gasteiger partial charge in [0, 0.05) is 36.1 Å². The summed E-state index contributed by atoms with van der Waals surface area (Å²) in [5.74, 6) is -0.123. The third-order valence-corrected chi connectivity index (χ3v) is 4.83. The first-order valence-corrected chi connectivity index (χ1v) is 9.22. The second-order valence-corrected chi connectivity index (χ2v) is 7.77. The summed E-state index contributed by atoms with van der Waals surface area (Å²) in [6, 6.07) is 3.68. The van der Waals surface area contributed by atoms with Crippen LogP contribution in [0, 0.1) is 0 Å². The van der Waals surface area contributed by atoms with E-state index in [1.807, 2.05) is 30.7 Å². The smallest absolute Gasteiger partial charge is 0.364 e. The molecule has 152 valence electrons. The second kappa shape index (κ2) is 6.75. The fourth-order valence-corrected chi connectivity index (χ4v) is 3.10. The molecule has 2 N–H and O–H groups in total. The minimum absolute atomic E-state index is 0.0861. The van der Waals surface area contributed by atoms with Crippen molar-refractivity contribution in [2.75, 3.05) is 10.6 Å². The minimum atomic E-state index is -4.53. The van der Waals surface area contributed by atoms with Gasteiger partial charge >= 0.3 is 6.18 Å². The van der Waals surface area contributed by atoms with Crippen LogP contribution in [0.2, 0.25) is 0 Å². The summed E-state index contributed by atoms with van der Waals surface area (Å²) >= 11 is 0. The summed E-state index contributed by atoms with van der Waals surface area (Å²) in [4.78, 5) is 12.4. The molecule has 0 bridgehead atoms. The minimum Gasteiger partial charge on any atom is -0.364 e. The maximum atomic E-state index is 13.4. The molecule has 0 amide bonds. The lowest BCUT2D eigenvalue weighted by Gasteiger charge is -2.18. The fraction of sp³-hybridized carbons (Fsp3) is 0.350. The fourth-order valence-electron chi connectivity index (χ4n) is 3.10. The van der Waals surface area contributed by atoms with E-state index < -0.39 is 11.7 Å². The van der Waals surface area contributed by atoms with Gasteiger partial charge in [0.2, 0.25) is 5.95 Å². The van der Waals surface area contributed by atoms with E-state index in [-0.39, 0.29) is 17.3 Å². The highest BCUT2D eigenvalue weighted by Crippen LogP contribution is 2.41. The number of rotatable bonds is 6. The Morgan fingerprint density at radius 1 is 1.31 bits per heavy atom. The van der Waals surface area contributed by atoms with E-state index in [0.29, 0.717) is 12.2 Å². The lowest BCUT2D eigenvalue weighted by Crippen LogP contribution is -2.21. The Hall–Kier alpha value is -3.10. The Labute approximate surface area is 165 Å². The van der Waals surface area contributed by atoms with E-state index in [9.17, 15) is 13.2 Å². The first kappa shape index (κ1) is 19.2. The van der Waals surface area contributed by atoms with Crippen LogP contribution in [0.25, 0.3) is 11.0 Å². The molecule has 1 aliphatic rings. The molecule has 0 aromatic carbocycles. The number of anilines is 3. The van der Waals surface area contributed by atoms with Gasteiger partial charge in [0.1, 0.15) is 17.0 Å². The number of nitrogens with zero attached hydrogens (tertiary/aromatic N) is 4. The van der Waals surface area contributed by atoms with Gasteiger partial charge in [-0.15, -0.1) is 0 Å². The van der Waals surface area contributed by atoms with Crippen molar-refractivity contribution in [3.63, 3.8) is 0 Å². The lowest BCUT2D eigenvalue weighted by molar-refractivity contribution is -0.137. The Morgan fingerprint density at radius 2 is 2.07 bits per heavy atom. The van der Waals surface area contributed by atoms with Gasteiger partial charge in [-0.2, -0.15) is 18.2 Å². The predicted molar refractivity (Wildman–Crippen MR) is 106 cm³/mol. The number of hydrogen-bond acceptors (Lipinski definition) is 5. The van der Waals surface area contributed by atoms with Crippen molar-refractivity contribution in [1.29, 1.82) is 0 Å². The van der Waals surface area contributed by atoms with Gasteiger partial charge in [-0.1, -0.05) is 12.2 Å². The number of aromatic nitrogens is 4. The highest BCUT2D eigenvalue weighted by atomic mass is 19.4. The summed E-state index contributed by atoms with van der Waals surface area (Å²) in [6.45, 7) is 8.29. The van der Waals surface area contributed by atoms with Gasteiger partial charge in [-0.3, -0.25) is 0 Å². The number of halogens is 3. The van der Waals surface area contributed by atoms with Crippen LogP contribution in [-0.4, -0.2) is 25.1 Å². The van der Waals surface area contributed by atoms with Crippen molar-refractivity contribution in [3.05, 3.63) is 48.4 Å². The van der Waals surface area contributed by atoms with Crippen molar-refractivity contribution in [3.8, 4) is 0 Å². The average molecular weight is 402 g/mol. The van der Waals surface area contributed by atoms with Gasteiger partial charge in [0.25, 0.3) is 0 Å². The molecule has 0 aliphatic heterocycles. The van der Waals surface area contributed by atoms with Gasteiger partial charge < -0.3 is 15.2 Å². The van der Waals surface area contributed by atoms with Crippen LogP contribution >= 0.6 is 0 Å². The maximum Gasteiger partial charge on any atom is 0.421 e. The molecule has 3 heterocycles. The third-order valence-electron chi connectivity index (χ3n) is 4.83. The van der Waals surface area contributed by atoms with Crippen LogP contribution < -0.4 is 10.6 Å². The molecule has 0 saturated heterocycles. The van der Waals surface area contributed by atoms with Crippen LogP contribution in [0.4, 0.5) is 30.6 Å². The number of hydrogen-bond donors (Lipinski definition) is 2. The predicted octanol–water partition coefficient (Wildman–Crippen LogP) is 5.13. The van der Waals surface area contributed by atoms with Gasteiger partial charge in [0.05, 0.1) is 5.69 Å². The molecule has 0 spiro atoms. The number of nitrogens with one attached hydrogen (secondary N) is 2. The molecule has 3 aromatic rings. The molecule has 3 aromatic heterocycles. The molecule has 0 radical (unpaired) electrons. The number of alkyl halides is 3.